The number of anilines is 2. The molecule has 4 rings (SSSR count). The quantitative estimate of drug-likeness (QED) is 0.487. The number of aliphatic imine (C=N–C) groups is 1. The summed E-state index contributed by atoms with van der Waals surface area (Å²) in [7, 11) is 1.71. The summed E-state index contributed by atoms with van der Waals surface area (Å²) in [6, 6.07) is 11.9. The number of hydrogen-bond acceptors (Lipinski definition) is 4. The Morgan fingerprint density at radius 2 is 1.97 bits per heavy atom. The number of carbonyl (C=O) groups is 1. The second kappa shape index (κ2) is 9.84. The normalized spacial score (nSPS) is 19.2. The molecule has 0 saturated carbocycles. The fraction of sp³-hybridized carbons (Fsp3) is 0.391. The van der Waals surface area contributed by atoms with Crippen molar-refractivity contribution in [1.29, 1.82) is 0 Å². The summed E-state index contributed by atoms with van der Waals surface area (Å²) in [6.07, 6.45) is 0.829. The average molecular weight is 443 g/mol. The van der Waals surface area contributed by atoms with Gasteiger partial charge in [0, 0.05) is 57.6 Å². The molecule has 1 amide bonds. The highest BCUT2D eigenvalue weighted by molar-refractivity contribution is 5.82. The van der Waals surface area contributed by atoms with E-state index in [4.69, 9.17) is 0 Å². The van der Waals surface area contributed by atoms with Crippen LogP contribution in [0, 0.1) is 11.6 Å². The number of amides is 1. The van der Waals surface area contributed by atoms with Crippen molar-refractivity contribution in [3.63, 3.8) is 0 Å². The lowest BCUT2D eigenvalue weighted by Gasteiger charge is -2.28. The van der Waals surface area contributed by atoms with Gasteiger partial charge in [0.1, 0.15) is 11.6 Å². The molecular weight excluding hydrogens is 414 g/mol. The Kier molecular flexibility index (Phi) is 6.72. The largest absolute Gasteiger partial charge is 0.367 e. The van der Waals surface area contributed by atoms with Crippen molar-refractivity contribution in [1.82, 2.24) is 16.0 Å². The smallest absolute Gasteiger partial charge is 0.239 e. The number of guanidine groups is 1. The zero-order chi connectivity index (χ0) is 22.5. The minimum Gasteiger partial charge on any atom is -0.367 e. The summed E-state index contributed by atoms with van der Waals surface area (Å²) in [6.45, 7) is 3.75. The third-order valence-corrected chi connectivity index (χ3v) is 5.80. The highest BCUT2D eigenvalue weighted by Crippen LogP contribution is 2.24. The number of carbonyl (C=O) groups excluding carboxylic acids is 1. The van der Waals surface area contributed by atoms with E-state index in [0.717, 1.165) is 30.3 Å². The number of rotatable bonds is 5. The second-order valence-electron chi connectivity index (χ2n) is 8.04. The Morgan fingerprint density at radius 3 is 2.69 bits per heavy atom. The van der Waals surface area contributed by atoms with E-state index in [0.29, 0.717) is 44.4 Å². The van der Waals surface area contributed by atoms with Crippen LogP contribution in [0.5, 0.6) is 0 Å². The lowest BCUT2D eigenvalue weighted by molar-refractivity contribution is -0.120. The maximum Gasteiger partial charge on any atom is 0.239 e. The van der Waals surface area contributed by atoms with Gasteiger partial charge in [0.05, 0.1) is 12.2 Å². The lowest BCUT2D eigenvalue weighted by atomic mass is 10.2. The van der Waals surface area contributed by atoms with Crippen molar-refractivity contribution in [3.05, 3.63) is 59.7 Å². The number of nitrogens with zero attached hydrogens (tertiary/aromatic N) is 3. The number of nitrogens with one attached hydrogen (secondary N) is 3. The Hall–Kier alpha value is -3.36. The Bertz CT molecular complexity index is 981. The average Bonchev–Trinajstić information content (AvgIpc) is 3.25. The van der Waals surface area contributed by atoms with E-state index in [9.17, 15) is 13.6 Å². The van der Waals surface area contributed by atoms with E-state index in [2.05, 4.69) is 25.8 Å². The first kappa shape index (κ1) is 21.9. The summed E-state index contributed by atoms with van der Waals surface area (Å²) < 4.78 is 27.2. The molecule has 1 unspecified atom stereocenters. The third kappa shape index (κ3) is 5.27. The fourth-order valence-corrected chi connectivity index (χ4v) is 4.09. The molecule has 2 aliphatic heterocycles. The van der Waals surface area contributed by atoms with Crippen LogP contribution in [0.15, 0.2) is 47.5 Å². The maximum atomic E-state index is 14.1. The summed E-state index contributed by atoms with van der Waals surface area (Å²) >= 11 is 0. The van der Waals surface area contributed by atoms with Gasteiger partial charge in [0.25, 0.3) is 0 Å². The molecule has 2 aromatic carbocycles. The molecule has 0 spiro atoms. The van der Waals surface area contributed by atoms with Crippen LogP contribution in [0.25, 0.3) is 0 Å². The van der Waals surface area contributed by atoms with Crippen LogP contribution in [0.2, 0.25) is 0 Å². The van der Waals surface area contributed by atoms with E-state index in [-0.39, 0.29) is 11.9 Å². The molecule has 2 heterocycles. The van der Waals surface area contributed by atoms with Gasteiger partial charge in [-0.05, 0) is 36.2 Å². The van der Waals surface area contributed by atoms with Crippen LogP contribution in [0.4, 0.5) is 20.2 Å². The zero-order valence-electron chi connectivity index (χ0n) is 18.1. The topological polar surface area (TPSA) is 72.0 Å². The predicted molar refractivity (Wildman–Crippen MR) is 122 cm³/mol. The SMILES string of the molecule is CN=C(NCc1ccc(N2CCNC(=O)C2)cc1)NC1CCN(c2ccc(F)cc2F)C1. The molecule has 2 aliphatic rings. The van der Waals surface area contributed by atoms with Crippen molar-refractivity contribution in [2.45, 2.75) is 19.0 Å². The van der Waals surface area contributed by atoms with E-state index in [1.165, 1.54) is 12.1 Å². The number of halogens is 2. The molecule has 0 bridgehead atoms. The van der Waals surface area contributed by atoms with Gasteiger partial charge in [-0.2, -0.15) is 0 Å². The van der Waals surface area contributed by atoms with Crippen LogP contribution in [0.1, 0.15) is 12.0 Å². The standard InChI is InChI=1S/C23H28F2N6O/c1-26-23(29-18-8-10-31(14-18)21-7-4-17(24)12-20(21)25)28-13-16-2-5-19(6-3-16)30-11-9-27-22(32)15-30/h2-7,12,18H,8-11,13-15H2,1H3,(H,27,32)(H2,26,28,29). The molecule has 0 aliphatic carbocycles. The van der Waals surface area contributed by atoms with Crippen molar-refractivity contribution < 1.29 is 13.6 Å². The molecule has 3 N–H and O–H groups in total. The van der Waals surface area contributed by atoms with Crippen molar-refractivity contribution >= 4 is 23.2 Å². The molecule has 2 saturated heterocycles. The predicted octanol–water partition coefficient (Wildman–Crippen LogP) is 1.84. The first-order chi connectivity index (χ1) is 15.5. The molecule has 0 aromatic heterocycles. The van der Waals surface area contributed by atoms with Gasteiger partial charge in [0.15, 0.2) is 5.96 Å². The zero-order valence-corrected chi connectivity index (χ0v) is 18.1. The highest BCUT2D eigenvalue weighted by atomic mass is 19.1. The summed E-state index contributed by atoms with van der Waals surface area (Å²) in [4.78, 5) is 19.8. The fourth-order valence-electron chi connectivity index (χ4n) is 4.09. The van der Waals surface area contributed by atoms with Crippen LogP contribution in [-0.2, 0) is 11.3 Å². The Balaban J connectivity index is 1.27. The summed E-state index contributed by atoms with van der Waals surface area (Å²) in [5.74, 6) is -0.390. The molecule has 2 fully saturated rings. The monoisotopic (exact) mass is 442 g/mol. The molecule has 7 nitrogen and oxygen atoms in total. The molecule has 170 valence electrons. The van der Waals surface area contributed by atoms with Gasteiger partial charge >= 0.3 is 0 Å². The molecular formula is C23H28F2N6O. The van der Waals surface area contributed by atoms with Crippen LogP contribution < -0.4 is 25.8 Å². The van der Waals surface area contributed by atoms with Crippen LogP contribution >= 0.6 is 0 Å². The van der Waals surface area contributed by atoms with Gasteiger partial charge in [-0.25, -0.2) is 8.78 Å². The second-order valence-corrected chi connectivity index (χ2v) is 8.04. The lowest BCUT2D eigenvalue weighted by Crippen LogP contribution is -2.47. The van der Waals surface area contributed by atoms with E-state index < -0.39 is 11.6 Å². The van der Waals surface area contributed by atoms with Crippen LogP contribution in [-0.4, -0.2) is 57.7 Å². The maximum absolute atomic E-state index is 14.1. The van der Waals surface area contributed by atoms with Crippen LogP contribution in [0.3, 0.4) is 0 Å². The first-order valence-electron chi connectivity index (χ1n) is 10.8. The van der Waals surface area contributed by atoms with E-state index >= 15 is 0 Å². The molecule has 1 atom stereocenters. The molecule has 2 aromatic rings. The Labute approximate surface area is 186 Å². The molecule has 0 radical (unpaired) electrons. The number of hydrogen-bond donors (Lipinski definition) is 3. The molecule has 9 heteroatoms. The van der Waals surface area contributed by atoms with Gasteiger partial charge in [-0.1, -0.05) is 12.1 Å². The van der Waals surface area contributed by atoms with E-state index in [1.54, 1.807) is 7.05 Å². The van der Waals surface area contributed by atoms with Gasteiger partial charge < -0.3 is 25.8 Å². The number of piperazine rings is 1. The van der Waals surface area contributed by atoms with Crippen molar-refractivity contribution in [2.24, 2.45) is 4.99 Å². The summed E-state index contributed by atoms with van der Waals surface area (Å²) in [5, 5.41) is 9.52. The first-order valence-corrected chi connectivity index (χ1v) is 10.8. The third-order valence-electron chi connectivity index (χ3n) is 5.80. The highest BCUT2D eigenvalue weighted by Gasteiger charge is 2.25. The van der Waals surface area contributed by atoms with Gasteiger partial charge in [-0.15, -0.1) is 0 Å². The van der Waals surface area contributed by atoms with Gasteiger partial charge in [-0.3, -0.25) is 9.79 Å². The Morgan fingerprint density at radius 1 is 1.16 bits per heavy atom. The van der Waals surface area contributed by atoms with Gasteiger partial charge in [0.2, 0.25) is 5.91 Å². The van der Waals surface area contributed by atoms with E-state index in [1.807, 2.05) is 29.2 Å². The number of benzene rings is 2. The molecule has 32 heavy (non-hydrogen) atoms. The van der Waals surface area contributed by atoms with Crippen molar-refractivity contribution in [2.75, 3.05) is 49.6 Å². The minimum atomic E-state index is -0.570. The minimum absolute atomic E-state index is 0.0458. The summed E-state index contributed by atoms with van der Waals surface area (Å²) in [5.41, 5.74) is 2.55. The van der Waals surface area contributed by atoms with Crippen molar-refractivity contribution in [3.8, 4) is 0 Å².